The highest BCUT2D eigenvalue weighted by atomic mass is 16.6. The van der Waals surface area contributed by atoms with Crippen LogP contribution in [0.1, 0.15) is 12.5 Å². The number of ether oxygens (including phenoxy) is 1. The van der Waals surface area contributed by atoms with Crippen molar-refractivity contribution < 1.29 is 9.53 Å². The van der Waals surface area contributed by atoms with E-state index in [1.165, 1.54) is 11.3 Å². The molecule has 0 aliphatic carbocycles. The zero-order valence-corrected chi connectivity index (χ0v) is 14.4. The van der Waals surface area contributed by atoms with Gasteiger partial charge in [0, 0.05) is 52.5 Å². The van der Waals surface area contributed by atoms with Crippen LogP contribution < -0.4 is 4.90 Å². The average Bonchev–Trinajstić information content (AvgIpc) is 2.56. The standard InChI is InChI=1S/C18H27N3O2/c1-4-23-18(22)21-14-12-20(13-15-21)11-5-6-16-7-9-17(10-8-16)19(2)3/h5-10H,4,11-15H2,1-3H3/b6-5+. The minimum Gasteiger partial charge on any atom is -0.450 e. The molecule has 1 fully saturated rings. The van der Waals surface area contributed by atoms with E-state index in [-0.39, 0.29) is 6.09 Å². The van der Waals surface area contributed by atoms with Gasteiger partial charge in [0.1, 0.15) is 0 Å². The number of piperazine rings is 1. The molecular weight excluding hydrogens is 290 g/mol. The number of hydrogen-bond acceptors (Lipinski definition) is 4. The summed E-state index contributed by atoms with van der Waals surface area (Å²) in [6, 6.07) is 8.50. The second kappa shape index (κ2) is 8.58. The molecule has 0 atom stereocenters. The Morgan fingerprint density at radius 1 is 1.17 bits per heavy atom. The maximum Gasteiger partial charge on any atom is 0.409 e. The first-order valence-electron chi connectivity index (χ1n) is 8.18. The molecule has 1 heterocycles. The predicted octanol–water partition coefficient (Wildman–Crippen LogP) is 2.54. The normalized spacial score (nSPS) is 15.9. The SMILES string of the molecule is CCOC(=O)N1CCN(C/C=C/c2ccc(N(C)C)cc2)CC1. The monoisotopic (exact) mass is 317 g/mol. The lowest BCUT2D eigenvalue weighted by Crippen LogP contribution is -2.48. The summed E-state index contributed by atoms with van der Waals surface area (Å²) in [6.45, 7) is 6.45. The molecule has 5 nitrogen and oxygen atoms in total. The minimum absolute atomic E-state index is 0.191. The smallest absolute Gasteiger partial charge is 0.409 e. The van der Waals surface area contributed by atoms with Crippen LogP contribution in [-0.2, 0) is 4.74 Å². The molecule has 1 saturated heterocycles. The third-order valence-corrected chi connectivity index (χ3v) is 3.98. The van der Waals surface area contributed by atoms with Gasteiger partial charge in [-0.05, 0) is 24.6 Å². The zero-order valence-electron chi connectivity index (χ0n) is 14.4. The fourth-order valence-corrected chi connectivity index (χ4v) is 2.55. The number of rotatable bonds is 5. The van der Waals surface area contributed by atoms with E-state index in [4.69, 9.17) is 4.74 Å². The van der Waals surface area contributed by atoms with Crippen LogP contribution in [0.25, 0.3) is 6.08 Å². The van der Waals surface area contributed by atoms with Crippen molar-refractivity contribution in [3.05, 3.63) is 35.9 Å². The Balaban J connectivity index is 1.75. The third kappa shape index (κ3) is 5.28. The van der Waals surface area contributed by atoms with Crippen LogP contribution in [0.2, 0.25) is 0 Å². The summed E-state index contributed by atoms with van der Waals surface area (Å²) < 4.78 is 5.03. The van der Waals surface area contributed by atoms with E-state index in [2.05, 4.69) is 46.2 Å². The van der Waals surface area contributed by atoms with Gasteiger partial charge in [-0.25, -0.2) is 4.79 Å². The fraction of sp³-hybridized carbons (Fsp3) is 0.500. The zero-order chi connectivity index (χ0) is 16.7. The number of benzene rings is 1. The van der Waals surface area contributed by atoms with Crippen LogP contribution >= 0.6 is 0 Å². The molecule has 0 bridgehead atoms. The van der Waals surface area contributed by atoms with Crippen molar-refractivity contribution in [3.8, 4) is 0 Å². The number of carbonyl (C=O) groups excluding carboxylic acids is 1. The molecule has 23 heavy (non-hydrogen) atoms. The van der Waals surface area contributed by atoms with Crippen LogP contribution in [0.3, 0.4) is 0 Å². The van der Waals surface area contributed by atoms with Crippen LogP contribution in [0.5, 0.6) is 0 Å². The van der Waals surface area contributed by atoms with Crippen molar-refractivity contribution in [2.45, 2.75) is 6.92 Å². The van der Waals surface area contributed by atoms with Crippen molar-refractivity contribution in [2.24, 2.45) is 0 Å². The highest BCUT2D eigenvalue weighted by Gasteiger charge is 2.20. The molecule has 1 aliphatic rings. The summed E-state index contributed by atoms with van der Waals surface area (Å²) >= 11 is 0. The largest absolute Gasteiger partial charge is 0.450 e. The van der Waals surface area contributed by atoms with E-state index < -0.39 is 0 Å². The van der Waals surface area contributed by atoms with Gasteiger partial charge in [-0.1, -0.05) is 24.3 Å². The van der Waals surface area contributed by atoms with Crippen molar-refractivity contribution in [1.29, 1.82) is 0 Å². The molecule has 1 amide bonds. The third-order valence-electron chi connectivity index (χ3n) is 3.98. The Kier molecular flexibility index (Phi) is 6.47. The van der Waals surface area contributed by atoms with Crippen molar-refractivity contribution in [1.82, 2.24) is 9.80 Å². The average molecular weight is 317 g/mol. The number of anilines is 1. The first-order chi connectivity index (χ1) is 11.1. The molecule has 1 aromatic rings. The summed E-state index contributed by atoms with van der Waals surface area (Å²) in [5, 5.41) is 0. The van der Waals surface area contributed by atoms with Crippen molar-refractivity contribution >= 4 is 17.9 Å². The molecule has 0 radical (unpaired) electrons. The van der Waals surface area contributed by atoms with E-state index in [9.17, 15) is 4.79 Å². The Bertz CT molecular complexity index is 518. The molecule has 0 aromatic heterocycles. The first kappa shape index (κ1) is 17.3. The van der Waals surface area contributed by atoms with Crippen molar-refractivity contribution in [3.63, 3.8) is 0 Å². The lowest BCUT2D eigenvalue weighted by atomic mass is 10.2. The summed E-state index contributed by atoms with van der Waals surface area (Å²) in [5.41, 5.74) is 2.41. The Morgan fingerprint density at radius 3 is 2.39 bits per heavy atom. The second-order valence-electron chi connectivity index (χ2n) is 5.87. The number of nitrogens with zero attached hydrogens (tertiary/aromatic N) is 3. The lowest BCUT2D eigenvalue weighted by molar-refractivity contribution is 0.0825. The van der Waals surface area contributed by atoms with Gasteiger partial charge in [-0.2, -0.15) is 0 Å². The first-order valence-corrected chi connectivity index (χ1v) is 8.18. The number of amides is 1. The molecule has 5 heteroatoms. The lowest BCUT2D eigenvalue weighted by Gasteiger charge is -2.33. The van der Waals surface area contributed by atoms with Gasteiger partial charge in [0.15, 0.2) is 0 Å². The maximum atomic E-state index is 11.6. The Hall–Kier alpha value is -2.01. The van der Waals surface area contributed by atoms with Gasteiger partial charge >= 0.3 is 6.09 Å². The molecule has 0 saturated carbocycles. The van der Waals surface area contributed by atoms with E-state index in [1.807, 2.05) is 21.0 Å². The van der Waals surface area contributed by atoms with Crippen molar-refractivity contribution in [2.75, 3.05) is 58.3 Å². The van der Waals surface area contributed by atoms with E-state index in [0.717, 1.165) is 32.7 Å². The molecule has 2 rings (SSSR count). The van der Waals surface area contributed by atoms with Crippen LogP contribution in [0.4, 0.5) is 10.5 Å². The van der Waals surface area contributed by atoms with Gasteiger partial charge in [0.05, 0.1) is 6.61 Å². The number of hydrogen-bond donors (Lipinski definition) is 0. The van der Waals surface area contributed by atoms with E-state index in [1.54, 1.807) is 4.90 Å². The van der Waals surface area contributed by atoms with Crippen LogP contribution in [-0.4, -0.2) is 69.3 Å². The van der Waals surface area contributed by atoms with Gasteiger partial charge in [-0.3, -0.25) is 4.90 Å². The Morgan fingerprint density at radius 2 is 1.83 bits per heavy atom. The second-order valence-corrected chi connectivity index (χ2v) is 5.87. The quantitative estimate of drug-likeness (QED) is 0.836. The minimum atomic E-state index is -0.191. The summed E-state index contributed by atoms with van der Waals surface area (Å²) in [5.74, 6) is 0. The highest BCUT2D eigenvalue weighted by molar-refractivity contribution is 5.67. The highest BCUT2D eigenvalue weighted by Crippen LogP contribution is 2.13. The van der Waals surface area contributed by atoms with E-state index >= 15 is 0 Å². The van der Waals surface area contributed by atoms with Crippen LogP contribution in [0, 0.1) is 0 Å². The summed E-state index contributed by atoms with van der Waals surface area (Å²) in [7, 11) is 4.08. The number of carbonyl (C=O) groups is 1. The molecule has 126 valence electrons. The van der Waals surface area contributed by atoms with Gasteiger partial charge in [0.25, 0.3) is 0 Å². The Labute approximate surface area is 139 Å². The maximum absolute atomic E-state index is 11.6. The molecular formula is C18H27N3O2. The van der Waals surface area contributed by atoms with Gasteiger partial charge in [0.2, 0.25) is 0 Å². The predicted molar refractivity (Wildman–Crippen MR) is 94.8 cm³/mol. The van der Waals surface area contributed by atoms with Gasteiger partial charge in [-0.15, -0.1) is 0 Å². The fourth-order valence-electron chi connectivity index (χ4n) is 2.55. The molecule has 0 spiro atoms. The van der Waals surface area contributed by atoms with Crippen LogP contribution in [0.15, 0.2) is 30.3 Å². The molecule has 1 aliphatic heterocycles. The van der Waals surface area contributed by atoms with Gasteiger partial charge < -0.3 is 14.5 Å². The summed E-state index contributed by atoms with van der Waals surface area (Å²) in [6.07, 6.45) is 4.14. The summed E-state index contributed by atoms with van der Waals surface area (Å²) in [4.78, 5) is 17.9. The molecule has 0 unspecified atom stereocenters. The molecule has 0 N–H and O–H groups in total. The molecule has 1 aromatic carbocycles. The van der Waals surface area contributed by atoms with E-state index in [0.29, 0.717) is 6.61 Å². The topological polar surface area (TPSA) is 36.0 Å².